The van der Waals surface area contributed by atoms with Crippen LogP contribution in [0.5, 0.6) is 0 Å². The SMILES string of the molecule is CN(Cc1c[nH]c(=O)c2ccccc12)CC(C)(C)O. The van der Waals surface area contributed by atoms with E-state index in [4.69, 9.17) is 0 Å². The summed E-state index contributed by atoms with van der Waals surface area (Å²) in [6.45, 7) is 4.82. The second-order valence-corrected chi connectivity index (χ2v) is 5.67. The highest BCUT2D eigenvalue weighted by molar-refractivity contribution is 5.84. The second-order valence-electron chi connectivity index (χ2n) is 5.67. The van der Waals surface area contributed by atoms with E-state index in [9.17, 15) is 9.90 Å². The molecule has 2 aromatic rings. The van der Waals surface area contributed by atoms with Gasteiger partial charge in [-0.2, -0.15) is 0 Å². The van der Waals surface area contributed by atoms with Crippen molar-refractivity contribution in [2.24, 2.45) is 0 Å². The van der Waals surface area contributed by atoms with E-state index in [1.807, 2.05) is 36.2 Å². The van der Waals surface area contributed by atoms with Crippen molar-refractivity contribution in [3.63, 3.8) is 0 Å². The van der Waals surface area contributed by atoms with Gasteiger partial charge in [-0.15, -0.1) is 0 Å². The van der Waals surface area contributed by atoms with Gasteiger partial charge in [0.25, 0.3) is 5.56 Å². The van der Waals surface area contributed by atoms with Gasteiger partial charge in [-0.3, -0.25) is 9.69 Å². The number of H-pyrrole nitrogens is 1. The first-order valence-corrected chi connectivity index (χ1v) is 6.37. The Kier molecular flexibility index (Phi) is 3.73. The van der Waals surface area contributed by atoms with E-state index in [0.717, 1.165) is 10.9 Å². The molecule has 19 heavy (non-hydrogen) atoms. The molecule has 0 atom stereocenters. The lowest BCUT2D eigenvalue weighted by Gasteiger charge is -2.25. The third kappa shape index (κ3) is 3.43. The van der Waals surface area contributed by atoms with Crippen LogP contribution >= 0.6 is 0 Å². The van der Waals surface area contributed by atoms with Crippen LogP contribution in [-0.2, 0) is 6.54 Å². The number of rotatable bonds is 4. The molecule has 1 aromatic carbocycles. The summed E-state index contributed by atoms with van der Waals surface area (Å²) in [5.74, 6) is 0. The van der Waals surface area contributed by atoms with Crippen molar-refractivity contribution in [1.82, 2.24) is 9.88 Å². The van der Waals surface area contributed by atoms with Gasteiger partial charge in [0.05, 0.1) is 5.60 Å². The van der Waals surface area contributed by atoms with Crippen LogP contribution in [-0.4, -0.2) is 34.2 Å². The smallest absolute Gasteiger partial charge is 0.255 e. The van der Waals surface area contributed by atoms with E-state index in [-0.39, 0.29) is 5.56 Å². The zero-order valence-corrected chi connectivity index (χ0v) is 11.6. The first kappa shape index (κ1) is 13.8. The normalized spacial score (nSPS) is 12.3. The van der Waals surface area contributed by atoms with Gasteiger partial charge in [-0.1, -0.05) is 18.2 Å². The molecule has 2 rings (SSSR count). The molecule has 0 aliphatic carbocycles. The molecule has 0 radical (unpaired) electrons. The molecule has 1 aromatic heterocycles. The lowest BCUT2D eigenvalue weighted by molar-refractivity contribution is 0.0425. The quantitative estimate of drug-likeness (QED) is 0.880. The number of pyridine rings is 1. The Morgan fingerprint density at radius 1 is 1.26 bits per heavy atom. The van der Waals surface area contributed by atoms with E-state index in [1.165, 1.54) is 0 Å². The third-order valence-electron chi connectivity index (χ3n) is 2.99. The number of aromatic amines is 1. The van der Waals surface area contributed by atoms with Gasteiger partial charge in [-0.05, 0) is 37.9 Å². The molecular formula is C15H20N2O2. The first-order valence-electron chi connectivity index (χ1n) is 6.37. The average Bonchev–Trinajstić information content (AvgIpc) is 2.31. The molecular weight excluding hydrogens is 240 g/mol. The molecule has 0 saturated heterocycles. The number of hydrogen-bond donors (Lipinski definition) is 2. The molecule has 0 amide bonds. The number of benzene rings is 1. The van der Waals surface area contributed by atoms with E-state index in [1.54, 1.807) is 20.0 Å². The Morgan fingerprint density at radius 2 is 1.89 bits per heavy atom. The van der Waals surface area contributed by atoms with Crippen molar-refractivity contribution >= 4 is 10.8 Å². The van der Waals surface area contributed by atoms with E-state index in [2.05, 4.69) is 4.98 Å². The lowest BCUT2D eigenvalue weighted by Crippen LogP contribution is -2.36. The minimum absolute atomic E-state index is 0.0653. The summed E-state index contributed by atoms with van der Waals surface area (Å²) >= 11 is 0. The van der Waals surface area contributed by atoms with Gasteiger partial charge < -0.3 is 10.1 Å². The third-order valence-corrected chi connectivity index (χ3v) is 2.99. The Morgan fingerprint density at radius 3 is 2.53 bits per heavy atom. The molecule has 0 saturated carbocycles. The highest BCUT2D eigenvalue weighted by atomic mass is 16.3. The van der Waals surface area contributed by atoms with E-state index in [0.29, 0.717) is 18.5 Å². The van der Waals surface area contributed by atoms with Crippen molar-refractivity contribution in [2.45, 2.75) is 26.0 Å². The fraction of sp³-hybridized carbons (Fsp3) is 0.400. The highest BCUT2D eigenvalue weighted by Crippen LogP contribution is 2.16. The number of aromatic nitrogens is 1. The summed E-state index contributed by atoms with van der Waals surface area (Å²) in [5, 5.41) is 11.5. The van der Waals surface area contributed by atoms with Crippen molar-refractivity contribution in [2.75, 3.05) is 13.6 Å². The van der Waals surface area contributed by atoms with Crippen molar-refractivity contribution in [3.05, 3.63) is 46.4 Å². The fourth-order valence-corrected chi connectivity index (χ4v) is 2.41. The van der Waals surface area contributed by atoms with Gasteiger partial charge in [-0.25, -0.2) is 0 Å². The Labute approximate surface area is 112 Å². The summed E-state index contributed by atoms with van der Waals surface area (Å²) in [4.78, 5) is 16.5. The van der Waals surface area contributed by atoms with Crippen molar-refractivity contribution in [3.8, 4) is 0 Å². The zero-order chi connectivity index (χ0) is 14.0. The van der Waals surface area contributed by atoms with Gasteiger partial charge in [0.2, 0.25) is 0 Å². The highest BCUT2D eigenvalue weighted by Gasteiger charge is 2.16. The molecule has 4 nitrogen and oxygen atoms in total. The zero-order valence-electron chi connectivity index (χ0n) is 11.6. The van der Waals surface area contributed by atoms with E-state index >= 15 is 0 Å². The van der Waals surface area contributed by atoms with Gasteiger partial charge in [0.1, 0.15) is 0 Å². The van der Waals surface area contributed by atoms with Crippen LogP contribution in [0.3, 0.4) is 0 Å². The van der Waals surface area contributed by atoms with Crippen LogP contribution in [0.1, 0.15) is 19.4 Å². The Balaban J connectivity index is 2.31. The predicted molar refractivity (Wildman–Crippen MR) is 77.2 cm³/mol. The number of aliphatic hydroxyl groups is 1. The summed E-state index contributed by atoms with van der Waals surface area (Å²) in [6.07, 6.45) is 1.76. The molecule has 0 bridgehead atoms. The largest absolute Gasteiger partial charge is 0.389 e. The predicted octanol–water partition coefficient (Wildman–Crippen LogP) is 1.73. The summed E-state index contributed by atoms with van der Waals surface area (Å²) < 4.78 is 0. The summed E-state index contributed by atoms with van der Waals surface area (Å²) in [5.41, 5.74) is 0.263. The number of hydrogen-bond acceptors (Lipinski definition) is 3. The molecule has 0 spiro atoms. The van der Waals surface area contributed by atoms with Gasteiger partial charge in [0, 0.05) is 24.7 Å². The molecule has 102 valence electrons. The lowest BCUT2D eigenvalue weighted by atomic mass is 10.1. The number of nitrogens with one attached hydrogen (secondary N) is 1. The Bertz CT molecular complexity index is 626. The standard InChI is InChI=1S/C15H20N2O2/c1-15(2,19)10-17(3)9-11-8-16-14(18)13-7-5-4-6-12(11)13/h4-8,19H,9-10H2,1-3H3,(H,16,18). The second kappa shape index (κ2) is 5.15. The van der Waals surface area contributed by atoms with Gasteiger partial charge >= 0.3 is 0 Å². The molecule has 0 unspecified atom stereocenters. The Hall–Kier alpha value is -1.65. The van der Waals surface area contributed by atoms with Gasteiger partial charge in [0.15, 0.2) is 0 Å². The van der Waals surface area contributed by atoms with Crippen LogP contribution < -0.4 is 5.56 Å². The number of likely N-dealkylation sites (N-methyl/N-ethyl adjacent to an activating group) is 1. The summed E-state index contributed by atoms with van der Waals surface area (Å²) in [7, 11) is 1.96. The molecule has 2 N–H and O–H groups in total. The maximum absolute atomic E-state index is 11.7. The van der Waals surface area contributed by atoms with Crippen LogP contribution in [0, 0.1) is 0 Å². The topological polar surface area (TPSA) is 56.3 Å². The van der Waals surface area contributed by atoms with Crippen LogP contribution in [0.15, 0.2) is 35.3 Å². The number of nitrogens with zero attached hydrogens (tertiary/aromatic N) is 1. The minimum atomic E-state index is -0.729. The number of fused-ring (bicyclic) bond motifs is 1. The molecule has 0 aliphatic heterocycles. The summed E-state index contributed by atoms with van der Waals surface area (Å²) in [6, 6.07) is 7.58. The molecule has 1 heterocycles. The first-order chi connectivity index (χ1) is 8.87. The van der Waals surface area contributed by atoms with Crippen LogP contribution in [0.25, 0.3) is 10.8 Å². The van der Waals surface area contributed by atoms with E-state index < -0.39 is 5.60 Å². The van der Waals surface area contributed by atoms with Crippen molar-refractivity contribution in [1.29, 1.82) is 0 Å². The molecule has 0 aliphatic rings. The van der Waals surface area contributed by atoms with Crippen molar-refractivity contribution < 1.29 is 5.11 Å². The molecule has 0 fully saturated rings. The fourth-order valence-electron chi connectivity index (χ4n) is 2.41. The van der Waals surface area contributed by atoms with Crippen LogP contribution in [0.2, 0.25) is 0 Å². The van der Waals surface area contributed by atoms with Crippen LogP contribution in [0.4, 0.5) is 0 Å². The monoisotopic (exact) mass is 260 g/mol. The minimum Gasteiger partial charge on any atom is -0.389 e. The maximum atomic E-state index is 11.7. The molecule has 4 heteroatoms. The maximum Gasteiger partial charge on any atom is 0.255 e. The average molecular weight is 260 g/mol.